The Labute approximate surface area is 118 Å². The molecule has 1 aliphatic rings. The largest absolute Gasteiger partial charge is 0.352 e. The summed E-state index contributed by atoms with van der Waals surface area (Å²) in [7, 11) is 1.74. The maximum Gasteiger partial charge on any atom is 0.320 e. The first kappa shape index (κ1) is 14.4. The van der Waals surface area contributed by atoms with E-state index >= 15 is 0 Å². The summed E-state index contributed by atoms with van der Waals surface area (Å²) < 4.78 is 1.82. The van der Waals surface area contributed by atoms with Crippen LogP contribution in [0.5, 0.6) is 0 Å². The number of urea groups is 1. The Morgan fingerprint density at radius 1 is 1.50 bits per heavy atom. The van der Waals surface area contributed by atoms with Gasteiger partial charge in [0.15, 0.2) is 0 Å². The van der Waals surface area contributed by atoms with Crippen LogP contribution in [0.2, 0.25) is 0 Å². The van der Waals surface area contributed by atoms with Gasteiger partial charge in [0.25, 0.3) is 0 Å². The lowest BCUT2D eigenvalue weighted by Gasteiger charge is -2.17. The monoisotopic (exact) mass is 279 g/mol. The molecule has 1 saturated heterocycles. The fraction of sp³-hybridized carbons (Fsp3) is 0.615. The van der Waals surface area contributed by atoms with E-state index in [1.165, 1.54) is 0 Å². The predicted octanol–water partition coefficient (Wildman–Crippen LogP) is 0.236. The molecule has 3 amide bonds. The molecule has 0 aliphatic carbocycles. The Morgan fingerprint density at radius 2 is 2.25 bits per heavy atom. The zero-order valence-corrected chi connectivity index (χ0v) is 12.2. The van der Waals surface area contributed by atoms with Crippen LogP contribution in [-0.4, -0.2) is 64.7 Å². The first-order valence-electron chi connectivity index (χ1n) is 6.75. The van der Waals surface area contributed by atoms with E-state index in [2.05, 4.69) is 10.4 Å². The first-order valence-corrected chi connectivity index (χ1v) is 6.75. The number of hydrogen-bond donors (Lipinski definition) is 1. The van der Waals surface area contributed by atoms with Crippen LogP contribution in [0, 0.1) is 6.92 Å². The van der Waals surface area contributed by atoms with Gasteiger partial charge < -0.3 is 15.1 Å². The summed E-state index contributed by atoms with van der Waals surface area (Å²) in [6, 6.07) is 0.000465. The van der Waals surface area contributed by atoms with Crippen LogP contribution in [0.3, 0.4) is 0 Å². The number of rotatable bonds is 5. The van der Waals surface area contributed by atoms with E-state index in [1.807, 2.05) is 24.7 Å². The van der Waals surface area contributed by atoms with Gasteiger partial charge in [-0.15, -0.1) is 0 Å². The molecule has 0 aromatic carbocycles. The number of nitrogens with one attached hydrogen (secondary N) is 1. The fourth-order valence-electron chi connectivity index (χ4n) is 2.11. The van der Waals surface area contributed by atoms with Gasteiger partial charge in [-0.2, -0.15) is 5.10 Å². The second-order valence-corrected chi connectivity index (χ2v) is 5.28. The predicted molar refractivity (Wildman–Crippen MR) is 74.3 cm³/mol. The molecule has 2 rings (SSSR count). The third-order valence-electron chi connectivity index (χ3n) is 3.41. The molecule has 1 aliphatic heterocycles. The Kier molecular flexibility index (Phi) is 4.26. The van der Waals surface area contributed by atoms with E-state index in [0.717, 1.165) is 5.56 Å². The minimum absolute atomic E-state index is 0.0871. The summed E-state index contributed by atoms with van der Waals surface area (Å²) in [6.07, 6.45) is 3.73. The molecule has 1 N–H and O–H groups in total. The van der Waals surface area contributed by atoms with Crippen LogP contribution in [0.15, 0.2) is 12.4 Å². The van der Waals surface area contributed by atoms with Crippen molar-refractivity contribution >= 4 is 11.9 Å². The molecule has 0 saturated carbocycles. The van der Waals surface area contributed by atoms with Crippen LogP contribution in [-0.2, 0) is 4.79 Å². The first-order chi connectivity index (χ1) is 9.47. The zero-order valence-electron chi connectivity index (χ0n) is 12.2. The van der Waals surface area contributed by atoms with Crippen molar-refractivity contribution in [3.8, 4) is 0 Å². The molecular weight excluding hydrogens is 258 g/mol. The number of hydrogen-bond acceptors (Lipinski definition) is 3. The number of carbonyl (C=O) groups is 2. The summed E-state index contributed by atoms with van der Waals surface area (Å²) in [5, 5.41) is 7.05. The maximum atomic E-state index is 11.8. The van der Waals surface area contributed by atoms with Gasteiger partial charge in [-0.1, -0.05) is 0 Å². The third kappa shape index (κ3) is 3.28. The Hall–Kier alpha value is -2.05. The smallest absolute Gasteiger partial charge is 0.320 e. The number of aromatic nitrogens is 2. The average molecular weight is 279 g/mol. The van der Waals surface area contributed by atoms with Gasteiger partial charge in [0.2, 0.25) is 5.91 Å². The van der Waals surface area contributed by atoms with Gasteiger partial charge in [-0.25, -0.2) is 4.79 Å². The molecule has 2 heterocycles. The molecular formula is C13H21N5O2. The maximum absolute atomic E-state index is 11.8. The van der Waals surface area contributed by atoms with Crippen LogP contribution >= 0.6 is 0 Å². The van der Waals surface area contributed by atoms with Gasteiger partial charge in [0.1, 0.15) is 6.54 Å². The van der Waals surface area contributed by atoms with Gasteiger partial charge in [-0.3, -0.25) is 9.48 Å². The summed E-state index contributed by atoms with van der Waals surface area (Å²) in [5.41, 5.74) is 1.09. The minimum atomic E-state index is -0.135. The third-order valence-corrected chi connectivity index (χ3v) is 3.41. The highest BCUT2D eigenvalue weighted by atomic mass is 16.2. The van der Waals surface area contributed by atoms with Gasteiger partial charge in [0.05, 0.1) is 12.2 Å². The van der Waals surface area contributed by atoms with E-state index in [0.29, 0.717) is 19.6 Å². The number of aryl methyl sites for hydroxylation is 1. The van der Waals surface area contributed by atoms with Gasteiger partial charge in [0, 0.05) is 32.9 Å². The minimum Gasteiger partial charge on any atom is -0.352 e. The van der Waals surface area contributed by atoms with Crippen molar-refractivity contribution in [2.75, 3.05) is 33.2 Å². The van der Waals surface area contributed by atoms with Crippen molar-refractivity contribution in [2.24, 2.45) is 0 Å². The number of amides is 3. The van der Waals surface area contributed by atoms with Crippen LogP contribution in [0.1, 0.15) is 18.5 Å². The van der Waals surface area contributed by atoms with E-state index in [1.54, 1.807) is 23.0 Å². The average Bonchev–Trinajstić information content (AvgIpc) is 2.97. The molecule has 0 unspecified atom stereocenters. The van der Waals surface area contributed by atoms with E-state index in [-0.39, 0.29) is 24.5 Å². The summed E-state index contributed by atoms with van der Waals surface area (Å²) >= 11 is 0. The summed E-state index contributed by atoms with van der Waals surface area (Å²) in [5.74, 6) is -0.135. The molecule has 110 valence electrons. The topological polar surface area (TPSA) is 70.5 Å². The standard InChI is InChI=1S/C13H21N5O2/c1-10-6-15-18(8-10)11(2)7-14-12(19)9-17-5-4-16(3)13(17)20/h6,8,11H,4-5,7,9H2,1-3H3,(H,14,19)/t11-/m0/s1. The van der Waals surface area contributed by atoms with Crippen molar-refractivity contribution in [1.82, 2.24) is 24.9 Å². The molecule has 1 aromatic rings. The molecule has 1 atom stereocenters. The lowest BCUT2D eigenvalue weighted by Crippen LogP contribution is -2.40. The van der Waals surface area contributed by atoms with E-state index in [9.17, 15) is 9.59 Å². The van der Waals surface area contributed by atoms with Crippen molar-refractivity contribution in [1.29, 1.82) is 0 Å². The molecule has 1 fully saturated rings. The highest BCUT2D eigenvalue weighted by Crippen LogP contribution is 2.06. The summed E-state index contributed by atoms with van der Waals surface area (Å²) in [4.78, 5) is 26.7. The Balaban J connectivity index is 1.76. The molecule has 20 heavy (non-hydrogen) atoms. The lowest BCUT2D eigenvalue weighted by atomic mass is 10.3. The number of nitrogens with zero attached hydrogens (tertiary/aromatic N) is 4. The van der Waals surface area contributed by atoms with Crippen LogP contribution < -0.4 is 5.32 Å². The van der Waals surface area contributed by atoms with E-state index < -0.39 is 0 Å². The quantitative estimate of drug-likeness (QED) is 0.839. The molecule has 0 spiro atoms. The number of carbonyl (C=O) groups excluding carboxylic acids is 2. The molecule has 7 heteroatoms. The molecule has 0 radical (unpaired) electrons. The van der Waals surface area contributed by atoms with Crippen molar-refractivity contribution in [2.45, 2.75) is 19.9 Å². The van der Waals surface area contributed by atoms with Gasteiger partial charge >= 0.3 is 6.03 Å². The summed E-state index contributed by atoms with van der Waals surface area (Å²) in [6.45, 7) is 5.86. The molecule has 0 bridgehead atoms. The van der Waals surface area contributed by atoms with Crippen LogP contribution in [0.25, 0.3) is 0 Å². The fourth-order valence-corrected chi connectivity index (χ4v) is 2.11. The molecule has 1 aromatic heterocycles. The second-order valence-electron chi connectivity index (χ2n) is 5.28. The SMILES string of the molecule is Cc1cnn([C@@H](C)CNC(=O)CN2CCN(C)C2=O)c1. The Morgan fingerprint density at radius 3 is 2.80 bits per heavy atom. The Bertz CT molecular complexity index is 499. The van der Waals surface area contributed by atoms with Crippen molar-refractivity contribution in [3.63, 3.8) is 0 Å². The van der Waals surface area contributed by atoms with Crippen molar-refractivity contribution in [3.05, 3.63) is 18.0 Å². The van der Waals surface area contributed by atoms with Crippen molar-refractivity contribution < 1.29 is 9.59 Å². The highest BCUT2D eigenvalue weighted by Gasteiger charge is 2.26. The number of likely N-dealkylation sites (N-methyl/N-ethyl adjacent to an activating group) is 1. The highest BCUT2D eigenvalue weighted by molar-refractivity contribution is 5.84. The normalized spacial score (nSPS) is 16.6. The zero-order chi connectivity index (χ0) is 14.7. The van der Waals surface area contributed by atoms with Crippen LogP contribution in [0.4, 0.5) is 4.79 Å². The van der Waals surface area contributed by atoms with Gasteiger partial charge in [-0.05, 0) is 19.4 Å². The molecule has 7 nitrogen and oxygen atoms in total. The second kappa shape index (κ2) is 5.94. The van der Waals surface area contributed by atoms with E-state index in [4.69, 9.17) is 0 Å². The lowest BCUT2D eigenvalue weighted by molar-refractivity contribution is -0.121.